The van der Waals surface area contributed by atoms with E-state index in [1.807, 2.05) is 0 Å². The Morgan fingerprint density at radius 1 is 1.00 bits per heavy atom. The molecule has 0 radical (unpaired) electrons. The molecule has 0 spiro atoms. The van der Waals surface area contributed by atoms with Crippen molar-refractivity contribution < 1.29 is 0 Å². The van der Waals surface area contributed by atoms with Crippen LogP contribution in [-0.4, -0.2) is 12.6 Å². The highest BCUT2D eigenvalue weighted by Crippen LogP contribution is 2.41. The first-order valence-electron chi connectivity index (χ1n) is 8.97. The van der Waals surface area contributed by atoms with Gasteiger partial charge in [0.05, 0.1) is 0 Å². The van der Waals surface area contributed by atoms with E-state index in [0.717, 1.165) is 24.3 Å². The maximum Gasteiger partial charge on any atom is 0.00440 e. The van der Waals surface area contributed by atoms with Crippen molar-refractivity contribution in [2.24, 2.45) is 23.2 Å². The van der Waals surface area contributed by atoms with Gasteiger partial charge in [0.25, 0.3) is 0 Å². The van der Waals surface area contributed by atoms with Gasteiger partial charge in [-0.1, -0.05) is 67.7 Å². The minimum atomic E-state index is 0.438. The molecule has 0 saturated carbocycles. The Balaban J connectivity index is 4.58. The molecule has 0 aromatic rings. The van der Waals surface area contributed by atoms with Crippen molar-refractivity contribution >= 4 is 0 Å². The summed E-state index contributed by atoms with van der Waals surface area (Å²) in [5.41, 5.74) is 0.438. The fourth-order valence-electron chi connectivity index (χ4n) is 3.60. The Morgan fingerprint density at radius 2 is 1.60 bits per heavy atom. The summed E-state index contributed by atoms with van der Waals surface area (Å²) < 4.78 is 0. The molecule has 0 aromatic heterocycles. The van der Waals surface area contributed by atoms with Gasteiger partial charge >= 0.3 is 0 Å². The van der Waals surface area contributed by atoms with E-state index in [9.17, 15) is 0 Å². The molecule has 0 aliphatic heterocycles. The molecule has 0 fully saturated rings. The molecule has 0 bridgehead atoms. The minimum absolute atomic E-state index is 0.438. The van der Waals surface area contributed by atoms with Crippen molar-refractivity contribution in [3.63, 3.8) is 0 Å². The standard InChI is InChI=1S/C19H41N/c1-9-11-12-18(16(5)10-2)19(7,8)13-17(6)20-14-15(3)4/h15-18,20H,9-14H2,1-8H3. The van der Waals surface area contributed by atoms with Gasteiger partial charge in [-0.05, 0) is 49.5 Å². The van der Waals surface area contributed by atoms with E-state index in [1.165, 1.54) is 32.1 Å². The molecular formula is C19H41N. The molecule has 0 amide bonds. The lowest BCUT2D eigenvalue weighted by atomic mass is 9.66. The average molecular weight is 284 g/mol. The van der Waals surface area contributed by atoms with Crippen LogP contribution >= 0.6 is 0 Å². The molecule has 1 heteroatoms. The number of rotatable bonds is 11. The number of unbranched alkanes of at least 4 members (excludes halogenated alkanes) is 1. The highest BCUT2D eigenvalue weighted by molar-refractivity contribution is 4.85. The monoisotopic (exact) mass is 283 g/mol. The van der Waals surface area contributed by atoms with Crippen LogP contribution in [0.1, 0.15) is 87.5 Å². The Hall–Kier alpha value is -0.0400. The van der Waals surface area contributed by atoms with E-state index in [2.05, 4.69) is 60.7 Å². The maximum atomic E-state index is 3.71. The van der Waals surface area contributed by atoms with E-state index in [-0.39, 0.29) is 0 Å². The molecule has 0 heterocycles. The molecule has 1 N–H and O–H groups in total. The molecule has 0 aliphatic rings. The maximum absolute atomic E-state index is 3.71. The quantitative estimate of drug-likeness (QED) is 0.498. The molecule has 3 atom stereocenters. The lowest BCUT2D eigenvalue weighted by Crippen LogP contribution is -2.38. The van der Waals surface area contributed by atoms with E-state index in [1.54, 1.807) is 0 Å². The van der Waals surface area contributed by atoms with Crippen LogP contribution < -0.4 is 5.32 Å². The second-order valence-corrected chi connectivity index (χ2v) is 8.03. The largest absolute Gasteiger partial charge is 0.314 e. The van der Waals surface area contributed by atoms with Crippen LogP contribution in [0.2, 0.25) is 0 Å². The van der Waals surface area contributed by atoms with Gasteiger partial charge in [-0.2, -0.15) is 0 Å². The summed E-state index contributed by atoms with van der Waals surface area (Å²) >= 11 is 0. The van der Waals surface area contributed by atoms with Gasteiger partial charge in [-0.15, -0.1) is 0 Å². The van der Waals surface area contributed by atoms with Crippen LogP contribution in [0.5, 0.6) is 0 Å². The molecule has 0 rings (SSSR count). The van der Waals surface area contributed by atoms with Gasteiger partial charge in [0, 0.05) is 6.04 Å². The fraction of sp³-hybridized carbons (Fsp3) is 1.00. The summed E-state index contributed by atoms with van der Waals surface area (Å²) in [5, 5.41) is 3.71. The zero-order valence-electron chi connectivity index (χ0n) is 15.6. The summed E-state index contributed by atoms with van der Waals surface area (Å²) in [7, 11) is 0. The fourth-order valence-corrected chi connectivity index (χ4v) is 3.60. The summed E-state index contributed by atoms with van der Waals surface area (Å²) in [6, 6.07) is 0.626. The number of hydrogen-bond acceptors (Lipinski definition) is 1. The zero-order chi connectivity index (χ0) is 15.8. The Kier molecular flexibility index (Phi) is 9.80. The zero-order valence-corrected chi connectivity index (χ0v) is 15.6. The third-order valence-corrected chi connectivity index (χ3v) is 4.91. The summed E-state index contributed by atoms with van der Waals surface area (Å²) in [4.78, 5) is 0. The van der Waals surface area contributed by atoms with Crippen LogP contribution in [0.15, 0.2) is 0 Å². The van der Waals surface area contributed by atoms with Crippen LogP contribution in [0.3, 0.4) is 0 Å². The lowest BCUT2D eigenvalue weighted by Gasteiger charge is -2.40. The third kappa shape index (κ3) is 7.67. The topological polar surface area (TPSA) is 12.0 Å². The summed E-state index contributed by atoms with van der Waals surface area (Å²) in [6.45, 7) is 20.2. The molecule has 1 nitrogen and oxygen atoms in total. The Bertz CT molecular complexity index is 232. The summed E-state index contributed by atoms with van der Waals surface area (Å²) in [5.74, 6) is 2.44. The van der Waals surface area contributed by atoms with E-state index in [4.69, 9.17) is 0 Å². The normalized spacial score (nSPS) is 17.2. The van der Waals surface area contributed by atoms with Crippen LogP contribution in [0, 0.1) is 23.2 Å². The van der Waals surface area contributed by atoms with Crippen molar-refractivity contribution in [3.8, 4) is 0 Å². The van der Waals surface area contributed by atoms with Crippen molar-refractivity contribution in [2.75, 3.05) is 6.54 Å². The van der Waals surface area contributed by atoms with E-state index in [0.29, 0.717) is 11.5 Å². The van der Waals surface area contributed by atoms with Gasteiger partial charge in [-0.3, -0.25) is 0 Å². The van der Waals surface area contributed by atoms with Crippen LogP contribution in [-0.2, 0) is 0 Å². The van der Waals surface area contributed by atoms with Crippen molar-refractivity contribution in [3.05, 3.63) is 0 Å². The first-order chi connectivity index (χ1) is 9.24. The third-order valence-electron chi connectivity index (χ3n) is 4.91. The molecule has 0 aliphatic carbocycles. The van der Waals surface area contributed by atoms with E-state index < -0.39 is 0 Å². The second-order valence-electron chi connectivity index (χ2n) is 8.03. The van der Waals surface area contributed by atoms with Crippen molar-refractivity contribution in [1.82, 2.24) is 5.32 Å². The van der Waals surface area contributed by atoms with Crippen LogP contribution in [0.25, 0.3) is 0 Å². The molecule has 3 unspecified atom stereocenters. The van der Waals surface area contributed by atoms with Gasteiger partial charge in [-0.25, -0.2) is 0 Å². The predicted octanol–water partition coefficient (Wildman–Crippen LogP) is 5.89. The molecule has 20 heavy (non-hydrogen) atoms. The molecular weight excluding hydrogens is 242 g/mol. The first kappa shape index (κ1) is 20.0. The number of hydrogen-bond donors (Lipinski definition) is 1. The molecule has 0 saturated heterocycles. The van der Waals surface area contributed by atoms with Gasteiger partial charge < -0.3 is 5.32 Å². The van der Waals surface area contributed by atoms with Gasteiger partial charge in [0.2, 0.25) is 0 Å². The Morgan fingerprint density at radius 3 is 2.05 bits per heavy atom. The highest BCUT2D eigenvalue weighted by atomic mass is 14.9. The Labute approximate surface area is 129 Å². The SMILES string of the molecule is CCCCC(C(C)CC)C(C)(C)CC(C)NCC(C)C. The minimum Gasteiger partial charge on any atom is -0.314 e. The molecule has 0 aromatic carbocycles. The highest BCUT2D eigenvalue weighted by Gasteiger charge is 2.33. The van der Waals surface area contributed by atoms with E-state index >= 15 is 0 Å². The van der Waals surface area contributed by atoms with Gasteiger partial charge in [0.1, 0.15) is 0 Å². The molecule has 122 valence electrons. The first-order valence-corrected chi connectivity index (χ1v) is 8.97. The van der Waals surface area contributed by atoms with Crippen molar-refractivity contribution in [1.29, 1.82) is 0 Å². The van der Waals surface area contributed by atoms with Crippen molar-refractivity contribution in [2.45, 2.75) is 93.5 Å². The number of nitrogens with one attached hydrogen (secondary N) is 1. The van der Waals surface area contributed by atoms with Crippen LogP contribution in [0.4, 0.5) is 0 Å². The smallest absolute Gasteiger partial charge is 0.00440 e. The predicted molar refractivity (Wildman–Crippen MR) is 93.2 cm³/mol. The average Bonchev–Trinajstić information content (AvgIpc) is 2.35. The second kappa shape index (κ2) is 9.82. The summed E-state index contributed by atoms with van der Waals surface area (Å²) in [6.07, 6.45) is 6.70. The van der Waals surface area contributed by atoms with Gasteiger partial charge in [0.15, 0.2) is 0 Å². The lowest BCUT2D eigenvalue weighted by molar-refractivity contribution is 0.107.